The normalized spacial score (nSPS) is 51.9. The van der Waals surface area contributed by atoms with E-state index in [1.54, 1.807) is 13.0 Å². The molecule has 0 aromatic rings. The molecule has 1 saturated heterocycles. The van der Waals surface area contributed by atoms with Gasteiger partial charge < -0.3 is 55.4 Å². The molecule has 4 aliphatic carbocycles. The van der Waals surface area contributed by atoms with Crippen molar-refractivity contribution in [3.8, 4) is 0 Å². The highest BCUT2D eigenvalue weighted by molar-refractivity contribution is 5.23. The first-order chi connectivity index (χ1) is 21.5. The molecule has 5 fully saturated rings. The minimum Gasteiger partial charge on any atom is -0.394 e. The van der Waals surface area contributed by atoms with Crippen molar-refractivity contribution >= 4 is 0 Å². The molecule has 17 atom stereocenters. The lowest BCUT2D eigenvalue weighted by Crippen LogP contribution is -2.71. The van der Waals surface area contributed by atoms with E-state index in [9.17, 15) is 46.0 Å². The maximum absolute atomic E-state index is 12.1. The van der Waals surface area contributed by atoms with Gasteiger partial charge >= 0.3 is 0 Å². The van der Waals surface area contributed by atoms with Gasteiger partial charge in [-0.1, -0.05) is 46.8 Å². The van der Waals surface area contributed by atoms with E-state index < -0.39 is 94.6 Å². The Balaban J connectivity index is 1.54. The van der Waals surface area contributed by atoms with Gasteiger partial charge in [0, 0.05) is 0 Å². The summed E-state index contributed by atoms with van der Waals surface area (Å²) in [5.74, 6) is -0.805. The summed E-state index contributed by atoms with van der Waals surface area (Å²) >= 11 is 0. The average Bonchev–Trinajstić information content (AvgIpc) is 3.36. The number of rotatable bonds is 7. The van der Waals surface area contributed by atoms with Crippen LogP contribution in [0.15, 0.2) is 12.2 Å². The molecule has 1 aliphatic heterocycles. The molecular weight excluding hydrogens is 608 g/mol. The second-order valence-corrected chi connectivity index (χ2v) is 18.0. The lowest BCUT2D eigenvalue weighted by Gasteiger charge is -2.72. The molecule has 11 nitrogen and oxygen atoms in total. The minimum absolute atomic E-state index is 0.0360. The van der Waals surface area contributed by atoms with E-state index in [-0.39, 0.29) is 23.7 Å². The summed E-state index contributed by atoms with van der Waals surface area (Å²) in [5, 5.41) is 97.8. The Labute approximate surface area is 279 Å². The first-order valence-electron chi connectivity index (χ1n) is 17.6. The highest BCUT2D eigenvalue weighted by atomic mass is 16.7. The zero-order valence-electron chi connectivity index (χ0n) is 29.5. The molecule has 0 spiro atoms. The van der Waals surface area contributed by atoms with Crippen molar-refractivity contribution in [1.82, 2.24) is 0 Å². The predicted octanol–water partition coefficient (Wildman–Crippen LogP) is 1.24. The maximum atomic E-state index is 12.1. The van der Waals surface area contributed by atoms with E-state index in [0.29, 0.717) is 32.1 Å². The molecule has 5 rings (SSSR count). The van der Waals surface area contributed by atoms with Crippen molar-refractivity contribution < 1.29 is 55.4 Å². The summed E-state index contributed by atoms with van der Waals surface area (Å²) < 4.78 is 12.6. The number of hydrogen-bond acceptors (Lipinski definition) is 11. The van der Waals surface area contributed by atoms with Crippen molar-refractivity contribution in [2.24, 2.45) is 45.3 Å². The van der Waals surface area contributed by atoms with E-state index in [2.05, 4.69) is 20.8 Å². The fraction of sp³-hybridized carbons (Fsp3) is 0.944. The Morgan fingerprint density at radius 1 is 0.894 bits per heavy atom. The summed E-state index contributed by atoms with van der Waals surface area (Å²) in [6.45, 7) is 14.9. The minimum atomic E-state index is -1.58. The molecule has 47 heavy (non-hydrogen) atoms. The third-order valence-electron chi connectivity index (χ3n) is 14.5. The maximum Gasteiger partial charge on any atom is 0.186 e. The molecule has 272 valence electrons. The van der Waals surface area contributed by atoms with E-state index in [1.807, 2.05) is 13.8 Å². The second-order valence-electron chi connectivity index (χ2n) is 18.0. The van der Waals surface area contributed by atoms with Crippen LogP contribution in [-0.4, -0.2) is 119 Å². The van der Waals surface area contributed by atoms with Gasteiger partial charge in [-0.3, -0.25) is 0 Å². The fourth-order valence-corrected chi connectivity index (χ4v) is 11.7. The summed E-state index contributed by atoms with van der Waals surface area (Å²) in [6, 6.07) is 0. The van der Waals surface area contributed by atoms with E-state index in [1.165, 1.54) is 19.9 Å². The first kappa shape index (κ1) is 37.6. The average molecular weight is 671 g/mol. The van der Waals surface area contributed by atoms with Gasteiger partial charge in [0.1, 0.15) is 30.5 Å². The molecular formula is C36H62O11. The van der Waals surface area contributed by atoms with E-state index in [0.717, 1.165) is 6.42 Å². The van der Waals surface area contributed by atoms with Gasteiger partial charge in [0.15, 0.2) is 6.29 Å². The molecule has 0 aromatic heterocycles. The lowest BCUT2D eigenvalue weighted by atomic mass is 9.34. The van der Waals surface area contributed by atoms with Crippen molar-refractivity contribution in [3.05, 3.63) is 12.2 Å². The Bertz CT molecular complexity index is 1170. The Morgan fingerprint density at radius 3 is 2.13 bits per heavy atom. The molecule has 0 radical (unpaired) electrons. The summed E-state index contributed by atoms with van der Waals surface area (Å²) in [6.07, 6.45) is -3.50. The van der Waals surface area contributed by atoms with Crippen LogP contribution in [0, 0.1) is 45.3 Å². The molecule has 0 unspecified atom stereocenters. The van der Waals surface area contributed by atoms with Crippen molar-refractivity contribution in [2.45, 2.75) is 160 Å². The highest BCUT2D eigenvalue weighted by Crippen LogP contribution is 2.76. The Morgan fingerprint density at radius 2 is 1.53 bits per heavy atom. The van der Waals surface area contributed by atoms with Gasteiger partial charge in [-0.15, -0.1) is 0 Å². The van der Waals surface area contributed by atoms with Crippen LogP contribution in [0.2, 0.25) is 0 Å². The van der Waals surface area contributed by atoms with Gasteiger partial charge in [-0.05, 0) is 105 Å². The Hall–Kier alpha value is -0.700. The number of aliphatic hydroxyl groups is 9. The van der Waals surface area contributed by atoms with Crippen LogP contribution in [0.1, 0.15) is 93.9 Å². The monoisotopic (exact) mass is 670 g/mol. The van der Waals surface area contributed by atoms with Crippen molar-refractivity contribution in [1.29, 1.82) is 0 Å². The number of aliphatic hydroxyl groups excluding tert-OH is 7. The second kappa shape index (κ2) is 12.2. The van der Waals surface area contributed by atoms with Gasteiger partial charge in [-0.2, -0.15) is 0 Å². The van der Waals surface area contributed by atoms with Crippen LogP contribution in [0.25, 0.3) is 0 Å². The van der Waals surface area contributed by atoms with Crippen molar-refractivity contribution in [2.75, 3.05) is 6.61 Å². The van der Waals surface area contributed by atoms with Crippen LogP contribution in [0.3, 0.4) is 0 Å². The standard InChI is InChI=1S/C36H62O11/c1-31(2)23(39)10-12-33(5)22-15-19(38)25-18(36(8,45)14-11-24(40)32(3,4)44)9-13-34(25,6)35(22,7)16-20(29(31)33)46-30-28(43)27(42)26(41)21(17-37)47-30/h11,14,18-30,37-45H,9-10,12-13,15-17H2,1-8H3/b14-11+/t18-,19+,20-,21+,22+,23-,24-,25-,26+,27-,28+,29+,30+,33+,34+,35+,36-/m0/s1. The zero-order valence-corrected chi connectivity index (χ0v) is 29.5. The SMILES string of the molecule is CC(C)(O)[C@@H](O)/C=C/[C@](C)(O)[C@H]1CC[C@]2(C)[C@@H]1[C@H](O)C[C@@H]1[C@@]3(C)CC[C@H](O)C(C)(C)[C@H]3[C@@H](O[C@@H]3O[C@H](CO)[C@@H](O)[C@H](O)[C@H]3O)C[C@]12C. The molecule has 1 heterocycles. The smallest absolute Gasteiger partial charge is 0.186 e. The molecule has 4 saturated carbocycles. The number of hydrogen-bond donors (Lipinski definition) is 9. The van der Waals surface area contributed by atoms with Crippen molar-refractivity contribution in [3.63, 3.8) is 0 Å². The molecule has 11 heteroatoms. The van der Waals surface area contributed by atoms with Crippen LogP contribution in [-0.2, 0) is 9.47 Å². The van der Waals surface area contributed by atoms with Gasteiger partial charge in [0.05, 0.1) is 36.1 Å². The highest BCUT2D eigenvalue weighted by Gasteiger charge is 2.73. The van der Waals surface area contributed by atoms with E-state index >= 15 is 0 Å². The summed E-state index contributed by atoms with van der Waals surface area (Å²) in [7, 11) is 0. The first-order valence-corrected chi connectivity index (χ1v) is 17.6. The Kier molecular flexibility index (Phi) is 9.76. The largest absolute Gasteiger partial charge is 0.394 e. The van der Waals surface area contributed by atoms with Crippen LogP contribution in [0.4, 0.5) is 0 Å². The van der Waals surface area contributed by atoms with Gasteiger partial charge in [-0.25, -0.2) is 0 Å². The third-order valence-corrected chi connectivity index (χ3v) is 14.5. The van der Waals surface area contributed by atoms with Crippen LogP contribution >= 0.6 is 0 Å². The van der Waals surface area contributed by atoms with Crippen LogP contribution < -0.4 is 0 Å². The van der Waals surface area contributed by atoms with Gasteiger partial charge in [0.2, 0.25) is 0 Å². The number of ether oxygens (including phenoxy) is 2. The van der Waals surface area contributed by atoms with Crippen LogP contribution in [0.5, 0.6) is 0 Å². The molecule has 0 aromatic carbocycles. The summed E-state index contributed by atoms with van der Waals surface area (Å²) in [4.78, 5) is 0. The topological polar surface area (TPSA) is 201 Å². The molecule has 9 N–H and O–H groups in total. The quantitative estimate of drug-likeness (QED) is 0.139. The van der Waals surface area contributed by atoms with E-state index in [4.69, 9.17) is 9.47 Å². The predicted molar refractivity (Wildman–Crippen MR) is 172 cm³/mol. The third kappa shape index (κ3) is 5.77. The molecule has 0 bridgehead atoms. The molecule has 5 aliphatic rings. The summed E-state index contributed by atoms with van der Waals surface area (Å²) in [5.41, 5.74) is -4.65. The fourth-order valence-electron chi connectivity index (χ4n) is 11.7. The molecule has 0 amide bonds. The zero-order chi connectivity index (χ0) is 35.3. The number of fused-ring (bicyclic) bond motifs is 5. The van der Waals surface area contributed by atoms with Gasteiger partial charge in [0.25, 0.3) is 0 Å². The lowest BCUT2D eigenvalue weighted by molar-refractivity contribution is -0.346.